The van der Waals surface area contributed by atoms with E-state index in [0.29, 0.717) is 24.3 Å². The molecule has 0 unspecified atom stereocenters. The first-order valence-electron chi connectivity index (χ1n) is 10.8. The van der Waals surface area contributed by atoms with E-state index in [0.717, 1.165) is 45.7 Å². The SMILES string of the molecule is CCCC(=O)Nc1ccc(-n2cccc(C(=O)NCCCN3CCOCC3)c2=O)cc1. The number of morpholine rings is 1. The summed E-state index contributed by atoms with van der Waals surface area (Å²) in [5.74, 6) is -0.413. The van der Waals surface area contributed by atoms with Gasteiger partial charge in [-0.15, -0.1) is 0 Å². The Morgan fingerprint density at radius 3 is 2.55 bits per heavy atom. The van der Waals surface area contributed by atoms with Gasteiger partial charge in [0.15, 0.2) is 0 Å². The van der Waals surface area contributed by atoms with Gasteiger partial charge in [-0.2, -0.15) is 0 Å². The van der Waals surface area contributed by atoms with Crippen molar-refractivity contribution in [3.05, 3.63) is 58.5 Å². The number of hydrogen-bond donors (Lipinski definition) is 2. The van der Waals surface area contributed by atoms with E-state index < -0.39 is 0 Å². The van der Waals surface area contributed by atoms with Gasteiger partial charge in [-0.1, -0.05) is 6.92 Å². The van der Waals surface area contributed by atoms with E-state index in [1.807, 2.05) is 6.92 Å². The van der Waals surface area contributed by atoms with E-state index in [4.69, 9.17) is 4.74 Å². The molecular weight excluding hydrogens is 396 g/mol. The van der Waals surface area contributed by atoms with Gasteiger partial charge in [0.1, 0.15) is 5.56 Å². The molecule has 1 aliphatic heterocycles. The van der Waals surface area contributed by atoms with Crippen LogP contribution in [0.25, 0.3) is 5.69 Å². The number of carbonyl (C=O) groups is 2. The summed E-state index contributed by atoms with van der Waals surface area (Å²) >= 11 is 0. The molecule has 2 aromatic rings. The number of ether oxygens (including phenoxy) is 1. The van der Waals surface area contributed by atoms with Crippen LogP contribution in [0.15, 0.2) is 47.4 Å². The van der Waals surface area contributed by atoms with E-state index in [-0.39, 0.29) is 22.9 Å². The van der Waals surface area contributed by atoms with E-state index in [1.54, 1.807) is 36.5 Å². The molecule has 166 valence electrons. The number of carbonyl (C=O) groups excluding carboxylic acids is 2. The zero-order valence-electron chi connectivity index (χ0n) is 17.9. The average molecular weight is 427 g/mol. The van der Waals surface area contributed by atoms with Gasteiger partial charge in [-0.25, -0.2) is 0 Å². The standard InChI is InChI=1S/C23H30N4O4/c1-2-5-21(28)25-18-7-9-19(10-8-18)27-13-3-6-20(23(27)30)22(29)24-11-4-12-26-14-16-31-17-15-26/h3,6-10,13H,2,4-5,11-12,14-17H2,1H3,(H,24,29)(H,25,28). The van der Waals surface area contributed by atoms with Crippen molar-refractivity contribution < 1.29 is 14.3 Å². The summed E-state index contributed by atoms with van der Waals surface area (Å²) in [5.41, 5.74) is 1.02. The fraction of sp³-hybridized carbons (Fsp3) is 0.435. The van der Waals surface area contributed by atoms with Crippen LogP contribution in [0.1, 0.15) is 36.5 Å². The lowest BCUT2D eigenvalue weighted by molar-refractivity contribution is -0.116. The number of amides is 2. The first kappa shape index (κ1) is 22.7. The third-order valence-electron chi connectivity index (χ3n) is 5.14. The summed E-state index contributed by atoms with van der Waals surface area (Å²) in [6.07, 6.45) is 3.69. The summed E-state index contributed by atoms with van der Waals surface area (Å²) in [6.45, 7) is 6.68. The molecule has 0 spiro atoms. The normalized spacial score (nSPS) is 14.2. The van der Waals surface area contributed by atoms with Gasteiger partial charge in [0.25, 0.3) is 11.5 Å². The van der Waals surface area contributed by atoms with Crippen molar-refractivity contribution in [2.75, 3.05) is 44.7 Å². The van der Waals surface area contributed by atoms with Gasteiger partial charge in [0.2, 0.25) is 5.91 Å². The first-order chi connectivity index (χ1) is 15.1. The molecule has 8 heteroatoms. The zero-order chi connectivity index (χ0) is 22.1. The lowest BCUT2D eigenvalue weighted by Crippen LogP contribution is -2.38. The van der Waals surface area contributed by atoms with Crippen LogP contribution in [0, 0.1) is 0 Å². The Hall–Kier alpha value is -2.97. The Labute approximate surface area is 182 Å². The fourth-order valence-corrected chi connectivity index (χ4v) is 3.45. The number of nitrogens with zero attached hydrogens (tertiary/aromatic N) is 2. The van der Waals surface area contributed by atoms with Crippen LogP contribution >= 0.6 is 0 Å². The summed E-state index contributed by atoms with van der Waals surface area (Å²) < 4.78 is 6.76. The number of hydrogen-bond acceptors (Lipinski definition) is 5. The summed E-state index contributed by atoms with van der Waals surface area (Å²) in [4.78, 5) is 39.4. The van der Waals surface area contributed by atoms with Crippen LogP contribution in [0.4, 0.5) is 5.69 Å². The second kappa shape index (κ2) is 11.4. The summed E-state index contributed by atoms with van der Waals surface area (Å²) in [7, 11) is 0. The van der Waals surface area contributed by atoms with Crippen molar-refractivity contribution in [2.45, 2.75) is 26.2 Å². The molecule has 31 heavy (non-hydrogen) atoms. The van der Waals surface area contributed by atoms with E-state index in [9.17, 15) is 14.4 Å². The lowest BCUT2D eigenvalue weighted by Gasteiger charge is -2.26. The van der Waals surface area contributed by atoms with Crippen LogP contribution < -0.4 is 16.2 Å². The third-order valence-corrected chi connectivity index (χ3v) is 5.14. The van der Waals surface area contributed by atoms with Gasteiger partial charge in [0.05, 0.1) is 13.2 Å². The molecule has 3 rings (SSSR count). The minimum Gasteiger partial charge on any atom is -0.379 e. The lowest BCUT2D eigenvalue weighted by atomic mass is 10.2. The van der Waals surface area contributed by atoms with Crippen LogP contribution in [0.3, 0.4) is 0 Å². The molecule has 1 aliphatic rings. The Morgan fingerprint density at radius 1 is 1.10 bits per heavy atom. The molecule has 0 radical (unpaired) electrons. The second-order valence-electron chi connectivity index (χ2n) is 7.51. The van der Waals surface area contributed by atoms with Crippen molar-refractivity contribution in [3.8, 4) is 5.69 Å². The molecule has 0 aliphatic carbocycles. The molecule has 2 N–H and O–H groups in total. The predicted octanol–water partition coefficient (Wildman–Crippen LogP) is 2.03. The molecule has 2 amide bonds. The molecular formula is C23H30N4O4. The Balaban J connectivity index is 1.59. The maximum absolute atomic E-state index is 12.8. The molecule has 1 fully saturated rings. The first-order valence-corrected chi connectivity index (χ1v) is 10.8. The highest BCUT2D eigenvalue weighted by Crippen LogP contribution is 2.13. The molecule has 0 atom stereocenters. The molecule has 8 nitrogen and oxygen atoms in total. The van der Waals surface area contributed by atoms with Crippen LogP contribution in [-0.4, -0.2) is 60.7 Å². The molecule has 0 saturated carbocycles. The van der Waals surface area contributed by atoms with Crippen molar-refractivity contribution in [1.29, 1.82) is 0 Å². The number of anilines is 1. The summed E-state index contributed by atoms with van der Waals surface area (Å²) in [5, 5.41) is 5.66. The highest BCUT2D eigenvalue weighted by molar-refractivity contribution is 5.94. The third kappa shape index (κ3) is 6.50. The van der Waals surface area contributed by atoms with Crippen molar-refractivity contribution in [1.82, 2.24) is 14.8 Å². The molecule has 2 heterocycles. The van der Waals surface area contributed by atoms with Crippen LogP contribution in [0.5, 0.6) is 0 Å². The maximum Gasteiger partial charge on any atom is 0.267 e. The number of rotatable bonds is 9. The number of pyridine rings is 1. The number of benzene rings is 1. The van der Waals surface area contributed by atoms with Crippen molar-refractivity contribution in [2.24, 2.45) is 0 Å². The molecule has 1 saturated heterocycles. The maximum atomic E-state index is 12.8. The van der Waals surface area contributed by atoms with Gasteiger partial charge in [-0.05, 0) is 55.8 Å². The fourth-order valence-electron chi connectivity index (χ4n) is 3.45. The van der Waals surface area contributed by atoms with E-state index >= 15 is 0 Å². The minimum atomic E-state index is -0.379. The molecule has 0 bridgehead atoms. The predicted molar refractivity (Wildman–Crippen MR) is 120 cm³/mol. The van der Waals surface area contributed by atoms with Gasteiger partial charge in [0, 0.05) is 43.6 Å². The van der Waals surface area contributed by atoms with Crippen molar-refractivity contribution >= 4 is 17.5 Å². The molecule has 1 aromatic heterocycles. The Bertz CT molecular complexity index is 933. The quantitative estimate of drug-likeness (QED) is 0.599. The van der Waals surface area contributed by atoms with Gasteiger partial charge < -0.3 is 15.4 Å². The largest absolute Gasteiger partial charge is 0.379 e. The number of nitrogens with one attached hydrogen (secondary N) is 2. The van der Waals surface area contributed by atoms with Gasteiger partial charge >= 0.3 is 0 Å². The smallest absolute Gasteiger partial charge is 0.267 e. The topological polar surface area (TPSA) is 92.7 Å². The number of aromatic nitrogens is 1. The Kier molecular flexibility index (Phi) is 8.37. The van der Waals surface area contributed by atoms with Gasteiger partial charge in [-0.3, -0.25) is 23.9 Å². The van der Waals surface area contributed by atoms with Crippen LogP contribution in [0.2, 0.25) is 0 Å². The second-order valence-corrected chi connectivity index (χ2v) is 7.51. The van der Waals surface area contributed by atoms with Crippen LogP contribution in [-0.2, 0) is 9.53 Å². The monoisotopic (exact) mass is 426 g/mol. The highest BCUT2D eigenvalue weighted by Gasteiger charge is 2.14. The Morgan fingerprint density at radius 2 is 1.84 bits per heavy atom. The summed E-state index contributed by atoms with van der Waals surface area (Å²) in [6, 6.07) is 10.2. The van der Waals surface area contributed by atoms with E-state index in [2.05, 4.69) is 15.5 Å². The highest BCUT2D eigenvalue weighted by atomic mass is 16.5. The van der Waals surface area contributed by atoms with E-state index in [1.165, 1.54) is 10.6 Å². The van der Waals surface area contributed by atoms with Crippen molar-refractivity contribution in [3.63, 3.8) is 0 Å². The minimum absolute atomic E-state index is 0.0419. The average Bonchev–Trinajstić information content (AvgIpc) is 2.78. The molecule has 1 aromatic carbocycles. The zero-order valence-corrected chi connectivity index (χ0v) is 17.9.